The van der Waals surface area contributed by atoms with Crippen LogP contribution >= 0.6 is 0 Å². The topological polar surface area (TPSA) is 89.5 Å². The van der Waals surface area contributed by atoms with Gasteiger partial charge in [0.2, 0.25) is 0 Å². The summed E-state index contributed by atoms with van der Waals surface area (Å²) in [6.45, 7) is -0.121. The highest BCUT2D eigenvalue weighted by atomic mass is 19.1. The number of aromatic amines is 1. The highest BCUT2D eigenvalue weighted by Gasteiger charge is 2.17. The Morgan fingerprint density at radius 1 is 1.19 bits per heavy atom. The fourth-order valence-corrected chi connectivity index (χ4v) is 1.93. The van der Waals surface area contributed by atoms with E-state index >= 15 is 0 Å². The maximum absolute atomic E-state index is 12.9. The Hall–Kier alpha value is -2.25. The number of aliphatic hydroxyl groups excluding tert-OH is 2. The third-order valence-corrected chi connectivity index (χ3v) is 2.98. The van der Waals surface area contributed by atoms with Crippen molar-refractivity contribution < 1.29 is 19.4 Å². The normalized spacial score (nSPS) is 10.6. The van der Waals surface area contributed by atoms with E-state index in [1.165, 1.54) is 17.0 Å². The highest BCUT2D eigenvalue weighted by molar-refractivity contribution is 5.93. The smallest absolute Gasteiger partial charge is 0.272 e. The van der Waals surface area contributed by atoms with Gasteiger partial charge in [0.05, 0.1) is 18.9 Å². The van der Waals surface area contributed by atoms with Crippen molar-refractivity contribution in [2.75, 3.05) is 26.3 Å². The van der Waals surface area contributed by atoms with Gasteiger partial charge in [-0.05, 0) is 30.3 Å². The maximum Gasteiger partial charge on any atom is 0.272 e. The van der Waals surface area contributed by atoms with E-state index in [0.29, 0.717) is 11.3 Å². The minimum atomic E-state index is -0.362. The lowest BCUT2D eigenvalue weighted by Crippen LogP contribution is -2.36. The Kier molecular flexibility index (Phi) is 5.02. The van der Waals surface area contributed by atoms with Crippen molar-refractivity contribution in [3.63, 3.8) is 0 Å². The Balaban J connectivity index is 2.18. The zero-order valence-electron chi connectivity index (χ0n) is 11.3. The van der Waals surface area contributed by atoms with E-state index in [1.54, 1.807) is 18.2 Å². The summed E-state index contributed by atoms with van der Waals surface area (Å²) in [4.78, 5) is 13.5. The zero-order valence-corrected chi connectivity index (χ0v) is 11.3. The molecular weight excluding hydrogens is 277 g/mol. The van der Waals surface area contributed by atoms with Crippen LogP contribution in [0.25, 0.3) is 11.3 Å². The van der Waals surface area contributed by atoms with E-state index in [1.807, 2.05) is 0 Å². The van der Waals surface area contributed by atoms with Gasteiger partial charge in [-0.15, -0.1) is 0 Å². The molecule has 6 nitrogen and oxygen atoms in total. The van der Waals surface area contributed by atoms with Crippen LogP contribution in [0, 0.1) is 5.82 Å². The second-order valence-corrected chi connectivity index (χ2v) is 4.41. The molecule has 3 N–H and O–H groups in total. The Bertz CT molecular complexity index is 592. The molecule has 0 fully saturated rings. The molecular formula is C14H16FN3O3. The predicted molar refractivity (Wildman–Crippen MR) is 74.1 cm³/mol. The monoisotopic (exact) mass is 293 g/mol. The van der Waals surface area contributed by atoms with Crippen molar-refractivity contribution in [1.29, 1.82) is 0 Å². The van der Waals surface area contributed by atoms with Crippen molar-refractivity contribution in [3.8, 4) is 11.3 Å². The molecule has 0 aliphatic carbocycles. The molecule has 0 aliphatic rings. The number of H-pyrrole nitrogens is 1. The number of aromatic nitrogens is 2. The standard InChI is InChI=1S/C14H16FN3O3/c15-11-3-1-10(2-4-11)12-9-13(17-16-12)14(21)18(5-7-19)6-8-20/h1-4,9,19-20H,5-8H2,(H,16,17). The first kappa shape index (κ1) is 15.1. The average Bonchev–Trinajstić information content (AvgIpc) is 2.97. The van der Waals surface area contributed by atoms with E-state index in [4.69, 9.17) is 10.2 Å². The number of hydrogen-bond acceptors (Lipinski definition) is 4. The summed E-state index contributed by atoms with van der Waals surface area (Å²) in [5.41, 5.74) is 1.45. The lowest BCUT2D eigenvalue weighted by Gasteiger charge is -2.19. The van der Waals surface area contributed by atoms with E-state index in [0.717, 1.165) is 0 Å². The summed E-state index contributed by atoms with van der Waals surface area (Å²) in [5, 5.41) is 24.5. The summed E-state index contributed by atoms with van der Waals surface area (Å²) in [6, 6.07) is 7.32. The molecule has 0 aliphatic heterocycles. The van der Waals surface area contributed by atoms with Crippen molar-refractivity contribution in [3.05, 3.63) is 41.8 Å². The number of carbonyl (C=O) groups excluding carboxylic acids is 1. The Morgan fingerprint density at radius 2 is 1.81 bits per heavy atom. The minimum Gasteiger partial charge on any atom is -0.395 e. The molecule has 1 aromatic heterocycles. The van der Waals surface area contributed by atoms with Crippen molar-refractivity contribution in [1.82, 2.24) is 15.1 Å². The SMILES string of the molecule is O=C(c1cc(-c2ccc(F)cc2)n[nH]1)N(CCO)CCO. The van der Waals surface area contributed by atoms with Crippen LogP contribution in [0.5, 0.6) is 0 Å². The van der Waals surface area contributed by atoms with Crippen molar-refractivity contribution in [2.24, 2.45) is 0 Å². The van der Waals surface area contributed by atoms with Crippen LogP contribution in [0.2, 0.25) is 0 Å². The molecule has 0 atom stereocenters. The van der Waals surface area contributed by atoms with Crippen LogP contribution in [-0.2, 0) is 0 Å². The van der Waals surface area contributed by atoms with Gasteiger partial charge in [-0.25, -0.2) is 4.39 Å². The molecule has 7 heteroatoms. The van der Waals surface area contributed by atoms with Gasteiger partial charge in [0.15, 0.2) is 0 Å². The summed E-state index contributed by atoms with van der Waals surface area (Å²) >= 11 is 0. The molecule has 0 saturated heterocycles. The van der Waals surface area contributed by atoms with Crippen LogP contribution < -0.4 is 0 Å². The number of amides is 1. The minimum absolute atomic E-state index is 0.129. The van der Waals surface area contributed by atoms with Crippen LogP contribution in [0.1, 0.15) is 10.5 Å². The zero-order chi connectivity index (χ0) is 15.2. The molecule has 1 amide bonds. The summed E-state index contributed by atoms with van der Waals surface area (Å²) in [6.07, 6.45) is 0. The molecule has 21 heavy (non-hydrogen) atoms. The molecule has 0 radical (unpaired) electrons. The number of nitrogens with one attached hydrogen (secondary N) is 1. The average molecular weight is 293 g/mol. The van der Waals surface area contributed by atoms with Gasteiger partial charge >= 0.3 is 0 Å². The number of halogens is 1. The van der Waals surface area contributed by atoms with E-state index in [-0.39, 0.29) is 43.7 Å². The van der Waals surface area contributed by atoms with Crippen molar-refractivity contribution >= 4 is 5.91 Å². The first-order valence-electron chi connectivity index (χ1n) is 6.48. The van der Waals surface area contributed by atoms with Gasteiger partial charge in [0.1, 0.15) is 11.5 Å². The van der Waals surface area contributed by atoms with E-state index in [2.05, 4.69) is 10.2 Å². The maximum atomic E-state index is 12.9. The first-order chi connectivity index (χ1) is 10.2. The number of rotatable bonds is 6. The predicted octanol–water partition coefficient (Wildman–Crippen LogP) is 0.643. The second-order valence-electron chi connectivity index (χ2n) is 4.41. The van der Waals surface area contributed by atoms with Crippen molar-refractivity contribution in [2.45, 2.75) is 0 Å². The van der Waals surface area contributed by atoms with Gasteiger partial charge in [-0.1, -0.05) is 0 Å². The molecule has 0 saturated carbocycles. The van der Waals surface area contributed by atoms with E-state index in [9.17, 15) is 9.18 Å². The van der Waals surface area contributed by atoms with Crippen LogP contribution in [0.15, 0.2) is 30.3 Å². The van der Waals surface area contributed by atoms with Gasteiger partial charge in [-0.2, -0.15) is 5.10 Å². The molecule has 112 valence electrons. The summed E-state index contributed by atoms with van der Waals surface area (Å²) in [5.74, 6) is -0.707. The molecule has 0 spiro atoms. The Morgan fingerprint density at radius 3 is 2.38 bits per heavy atom. The molecule has 0 unspecified atom stereocenters. The van der Waals surface area contributed by atoms with Crippen LogP contribution in [0.3, 0.4) is 0 Å². The third kappa shape index (κ3) is 3.65. The molecule has 2 rings (SSSR count). The summed E-state index contributed by atoms with van der Waals surface area (Å²) in [7, 11) is 0. The van der Waals surface area contributed by atoms with Gasteiger partial charge in [-0.3, -0.25) is 9.89 Å². The largest absolute Gasteiger partial charge is 0.395 e. The first-order valence-corrected chi connectivity index (χ1v) is 6.48. The van der Waals surface area contributed by atoms with Gasteiger partial charge in [0.25, 0.3) is 5.91 Å². The molecule has 0 bridgehead atoms. The van der Waals surface area contributed by atoms with Gasteiger partial charge in [0, 0.05) is 18.7 Å². The van der Waals surface area contributed by atoms with E-state index < -0.39 is 0 Å². The van der Waals surface area contributed by atoms with Gasteiger partial charge < -0.3 is 15.1 Å². The Labute approximate surface area is 120 Å². The molecule has 1 aromatic carbocycles. The number of carbonyl (C=O) groups is 1. The molecule has 1 heterocycles. The number of aliphatic hydroxyl groups is 2. The second kappa shape index (κ2) is 6.96. The quantitative estimate of drug-likeness (QED) is 0.729. The number of nitrogens with zero attached hydrogens (tertiary/aromatic N) is 2. The summed E-state index contributed by atoms with van der Waals surface area (Å²) < 4.78 is 12.9. The number of benzene rings is 1. The highest BCUT2D eigenvalue weighted by Crippen LogP contribution is 2.18. The number of hydrogen-bond donors (Lipinski definition) is 3. The lowest BCUT2D eigenvalue weighted by molar-refractivity contribution is 0.0679. The fourth-order valence-electron chi connectivity index (χ4n) is 1.93. The third-order valence-electron chi connectivity index (χ3n) is 2.98. The molecule has 2 aromatic rings. The fraction of sp³-hybridized carbons (Fsp3) is 0.286. The van der Waals surface area contributed by atoms with Crippen LogP contribution in [0.4, 0.5) is 4.39 Å². The lowest BCUT2D eigenvalue weighted by atomic mass is 10.1. The van der Waals surface area contributed by atoms with Crippen LogP contribution in [-0.4, -0.2) is 57.5 Å².